The number of nitrogens with one attached hydrogen (secondary N) is 2. The Bertz CT molecular complexity index is 1210. The number of para-hydroxylation sites is 1. The Kier molecular flexibility index (Phi) is 5.89. The molecule has 3 amide bonds. The van der Waals surface area contributed by atoms with Gasteiger partial charge < -0.3 is 24.8 Å². The molecule has 2 aliphatic rings. The summed E-state index contributed by atoms with van der Waals surface area (Å²) in [5, 5.41) is 4.67. The first kappa shape index (κ1) is 21.6. The van der Waals surface area contributed by atoms with Gasteiger partial charge in [0.15, 0.2) is 0 Å². The molecule has 1 saturated heterocycles. The highest BCUT2D eigenvalue weighted by atomic mass is 35.5. The zero-order valence-corrected chi connectivity index (χ0v) is 19.3. The van der Waals surface area contributed by atoms with Crippen molar-refractivity contribution in [3.63, 3.8) is 0 Å². The first-order valence-corrected chi connectivity index (χ1v) is 11.7. The number of carbonyl (C=O) groups is 2. The van der Waals surface area contributed by atoms with Gasteiger partial charge in [-0.15, -0.1) is 0 Å². The zero-order valence-electron chi connectivity index (χ0n) is 18.6. The summed E-state index contributed by atoms with van der Waals surface area (Å²) >= 11 is 6.06. The average Bonchev–Trinajstić information content (AvgIpc) is 3.47. The molecule has 2 N–H and O–H groups in total. The number of likely N-dealkylation sites (tertiary alicyclic amines) is 1. The molecule has 172 valence electrons. The third-order valence-corrected chi connectivity index (χ3v) is 6.80. The maximum Gasteiger partial charge on any atom is 0.317 e. The summed E-state index contributed by atoms with van der Waals surface area (Å²) in [6.07, 6.45) is 2.56. The maximum atomic E-state index is 13.2. The standard InChI is InChI=1S/C25H27ClN4O3/c1-29(25(32)27-14-19-13-17-12-18(26)7-8-22(17)28-19)20-5-3-10-30(15-20)24(31)21-6-2-4-16-9-11-33-23(16)21/h2,4,6-8,12-13,20,28H,3,5,9-11,14-15H2,1H3,(H,27,32)/t20-/m1/s1. The Hall–Kier alpha value is -3.19. The van der Waals surface area contributed by atoms with E-state index < -0.39 is 0 Å². The number of carbonyl (C=O) groups excluding carboxylic acids is 2. The van der Waals surface area contributed by atoms with Crippen molar-refractivity contribution in [2.75, 3.05) is 26.7 Å². The number of piperidine rings is 1. The van der Waals surface area contributed by atoms with Crippen LogP contribution in [0.5, 0.6) is 5.75 Å². The minimum absolute atomic E-state index is 0.0241. The van der Waals surface area contributed by atoms with Crippen LogP contribution in [0.3, 0.4) is 0 Å². The van der Waals surface area contributed by atoms with Gasteiger partial charge >= 0.3 is 6.03 Å². The number of H-pyrrole nitrogens is 1. The van der Waals surface area contributed by atoms with E-state index in [4.69, 9.17) is 16.3 Å². The number of amides is 3. The van der Waals surface area contributed by atoms with Gasteiger partial charge in [0.25, 0.3) is 5.91 Å². The predicted octanol–water partition coefficient (Wildman–Crippen LogP) is 4.20. The lowest BCUT2D eigenvalue weighted by atomic mass is 10.0. The van der Waals surface area contributed by atoms with Crippen molar-refractivity contribution in [2.24, 2.45) is 0 Å². The van der Waals surface area contributed by atoms with Crippen molar-refractivity contribution in [1.29, 1.82) is 0 Å². The number of urea groups is 1. The molecule has 1 atom stereocenters. The molecule has 33 heavy (non-hydrogen) atoms. The summed E-state index contributed by atoms with van der Waals surface area (Å²) in [5.74, 6) is 0.694. The number of likely N-dealkylation sites (N-methyl/N-ethyl adjacent to an activating group) is 1. The molecule has 3 heterocycles. The van der Waals surface area contributed by atoms with E-state index in [1.807, 2.05) is 47.4 Å². The average molecular weight is 467 g/mol. The number of nitrogens with zero attached hydrogens (tertiary/aromatic N) is 2. The zero-order chi connectivity index (χ0) is 22.9. The number of aromatic nitrogens is 1. The molecule has 3 aromatic rings. The van der Waals surface area contributed by atoms with E-state index in [2.05, 4.69) is 10.3 Å². The second-order valence-electron chi connectivity index (χ2n) is 8.74. The summed E-state index contributed by atoms with van der Waals surface area (Å²) in [5.41, 5.74) is 3.60. The molecule has 0 saturated carbocycles. The number of ether oxygens (including phenoxy) is 1. The van der Waals surface area contributed by atoms with Gasteiger partial charge in [0, 0.05) is 48.2 Å². The molecule has 0 bridgehead atoms. The van der Waals surface area contributed by atoms with Crippen LogP contribution in [-0.2, 0) is 13.0 Å². The Morgan fingerprint density at radius 3 is 3.03 bits per heavy atom. The minimum atomic E-state index is -0.157. The van der Waals surface area contributed by atoms with Crippen molar-refractivity contribution >= 4 is 34.4 Å². The van der Waals surface area contributed by atoms with E-state index in [-0.39, 0.29) is 18.0 Å². The molecule has 8 heteroatoms. The lowest BCUT2D eigenvalue weighted by Gasteiger charge is -2.37. The van der Waals surface area contributed by atoms with E-state index in [1.54, 1.807) is 11.9 Å². The number of fused-ring (bicyclic) bond motifs is 2. The molecule has 1 aromatic heterocycles. The van der Waals surface area contributed by atoms with Gasteiger partial charge in [0.1, 0.15) is 5.75 Å². The molecular weight excluding hydrogens is 440 g/mol. The first-order chi connectivity index (χ1) is 16.0. The van der Waals surface area contributed by atoms with E-state index in [0.29, 0.717) is 36.8 Å². The van der Waals surface area contributed by atoms with E-state index in [9.17, 15) is 9.59 Å². The third-order valence-electron chi connectivity index (χ3n) is 6.57. The van der Waals surface area contributed by atoms with Crippen LogP contribution in [-0.4, -0.2) is 59.5 Å². The van der Waals surface area contributed by atoms with Crippen LogP contribution in [0.1, 0.15) is 34.5 Å². The number of benzene rings is 2. The molecule has 7 nitrogen and oxygen atoms in total. The van der Waals surface area contributed by atoms with Crippen LogP contribution in [0.25, 0.3) is 10.9 Å². The van der Waals surface area contributed by atoms with Gasteiger partial charge in [-0.2, -0.15) is 0 Å². The summed E-state index contributed by atoms with van der Waals surface area (Å²) < 4.78 is 5.72. The van der Waals surface area contributed by atoms with Crippen LogP contribution >= 0.6 is 11.6 Å². The fourth-order valence-electron chi connectivity index (χ4n) is 4.73. The van der Waals surface area contributed by atoms with Gasteiger partial charge in [0.2, 0.25) is 0 Å². The highest BCUT2D eigenvalue weighted by Gasteiger charge is 2.31. The quantitative estimate of drug-likeness (QED) is 0.604. The lowest BCUT2D eigenvalue weighted by Crippen LogP contribution is -2.52. The molecular formula is C25H27ClN4O3. The van der Waals surface area contributed by atoms with Gasteiger partial charge in [-0.3, -0.25) is 4.79 Å². The highest BCUT2D eigenvalue weighted by Crippen LogP contribution is 2.31. The van der Waals surface area contributed by atoms with Crippen molar-refractivity contribution in [1.82, 2.24) is 20.1 Å². The smallest absolute Gasteiger partial charge is 0.317 e. The molecule has 1 fully saturated rings. The van der Waals surface area contributed by atoms with Crippen LogP contribution in [0.4, 0.5) is 4.79 Å². The molecule has 0 radical (unpaired) electrons. The summed E-state index contributed by atoms with van der Waals surface area (Å²) in [6, 6.07) is 13.2. The van der Waals surface area contributed by atoms with Gasteiger partial charge in [0.05, 0.1) is 24.8 Å². The molecule has 5 rings (SSSR count). The van der Waals surface area contributed by atoms with Crippen LogP contribution < -0.4 is 10.1 Å². The lowest BCUT2D eigenvalue weighted by molar-refractivity contribution is 0.0633. The summed E-state index contributed by atoms with van der Waals surface area (Å²) in [7, 11) is 1.79. The molecule has 0 aliphatic carbocycles. The molecule has 0 unspecified atom stereocenters. The summed E-state index contributed by atoms with van der Waals surface area (Å²) in [4.78, 5) is 32.9. The summed E-state index contributed by atoms with van der Waals surface area (Å²) in [6.45, 7) is 2.20. The van der Waals surface area contributed by atoms with Crippen LogP contribution in [0.2, 0.25) is 5.02 Å². The minimum Gasteiger partial charge on any atom is -0.492 e. The van der Waals surface area contributed by atoms with Crippen LogP contribution in [0, 0.1) is 0 Å². The first-order valence-electron chi connectivity index (χ1n) is 11.3. The molecule has 0 spiro atoms. The van der Waals surface area contributed by atoms with Gasteiger partial charge in [-0.05, 0) is 48.7 Å². The Labute approximate surface area is 197 Å². The topological polar surface area (TPSA) is 77.7 Å². The van der Waals surface area contributed by atoms with Crippen molar-refractivity contribution in [3.05, 3.63) is 64.3 Å². The normalized spacial score (nSPS) is 17.5. The number of rotatable bonds is 4. The van der Waals surface area contributed by atoms with E-state index >= 15 is 0 Å². The highest BCUT2D eigenvalue weighted by molar-refractivity contribution is 6.31. The van der Waals surface area contributed by atoms with Crippen molar-refractivity contribution in [3.8, 4) is 5.75 Å². The third kappa shape index (κ3) is 4.37. The Morgan fingerprint density at radius 1 is 1.27 bits per heavy atom. The van der Waals surface area contributed by atoms with E-state index in [1.165, 1.54) is 0 Å². The second kappa shape index (κ2) is 8.98. The number of hydrogen-bond acceptors (Lipinski definition) is 3. The maximum absolute atomic E-state index is 13.2. The fraction of sp³-hybridized carbons (Fsp3) is 0.360. The Balaban J connectivity index is 1.21. The van der Waals surface area contributed by atoms with E-state index in [0.717, 1.165) is 47.2 Å². The predicted molar refractivity (Wildman–Crippen MR) is 128 cm³/mol. The number of halogens is 1. The van der Waals surface area contributed by atoms with Gasteiger partial charge in [-0.1, -0.05) is 23.7 Å². The monoisotopic (exact) mass is 466 g/mol. The molecule has 2 aromatic carbocycles. The Morgan fingerprint density at radius 2 is 2.15 bits per heavy atom. The second-order valence-corrected chi connectivity index (χ2v) is 9.17. The number of aromatic amines is 1. The van der Waals surface area contributed by atoms with Crippen LogP contribution in [0.15, 0.2) is 42.5 Å². The largest absolute Gasteiger partial charge is 0.492 e. The SMILES string of the molecule is CN(C(=O)NCc1cc2cc(Cl)ccc2[nH]1)[C@@H]1CCCN(C(=O)c2cccc3c2OCC3)C1. The van der Waals surface area contributed by atoms with Gasteiger partial charge in [-0.25, -0.2) is 4.79 Å². The van der Waals surface area contributed by atoms with Crippen molar-refractivity contribution in [2.45, 2.75) is 31.8 Å². The molecule has 2 aliphatic heterocycles. The number of hydrogen-bond donors (Lipinski definition) is 2. The fourth-order valence-corrected chi connectivity index (χ4v) is 4.91. The van der Waals surface area contributed by atoms with Crippen molar-refractivity contribution < 1.29 is 14.3 Å².